The number of piperazine rings is 1. The van der Waals surface area contributed by atoms with Gasteiger partial charge in [-0.3, -0.25) is 0 Å². The van der Waals surface area contributed by atoms with Crippen molar-refractivity contribution in [2.75, 3.05) is 36.0 Å². The number of nitrogens with zero attached hydrogens (tertiary/aromatic N) is 2. The standard InChI is InChI=1S/C16H16F2N2/c17-13-1-5-15(6-2-13)19-9-11-20(12-10-19)16-7-3-14(18)4-8-16/h1-8H,9-12H2. The Bertz CT molecular complexity index is 505. The summed E-state index contributed by atoms with van der Waals surface area (Å²) >= 11 is 0. The zero-order valence-corrected chi connectivity index (χ0v) is 11.1. The third-order valence-corrected chi connectivity index (χ3v) is 3.66. The summed E-state index contributed by atoms with van der Waals surface area (Å²) in [4.78, 5) is 4.47. The number of benzene rings is 2. The highest BCUT2D eigenvalue weighted by Crippen LogP contribution is 2.21. The SMILES string of the molecule is Fc1ccc(N2CCN(c3ccc(F)cc3)CC2)cc1. The van der Waals surface area contributed by atoms with E-state index < -0.39 is 0 Å². The average molecular weight is 274 g/mol. The van der Waals surface area contributed by atoms with Gasteiger partial charge in [0.1, 0.15) is 11.6 Å². The Labute approximate surface area is 117 Å². The molecule has 0 saturated carbocycles. The van der Waals surface area contributed by atoms with Gasteiger partial charge in [-0.1, -0.05) is 0 Å². The van der Waals surface area contributed by atoms with Gasteiger partial charge in [0.05, 0.1) is 0 Å². The van der Waals surface area contributed by atoms with Gasteiger partial charge >= 0.3 is 0 Å². The number of halogens is 2. The van der Waals surface area contributed by atoms with Crippen molar-refractivity contribution in [1.29, 1.82) is 0 Å². The zero-order chi connectivity index (χ0) is 13.9. The van der Waals surface area contributed by atoms with Gasteiger partial charge < -0.3 is 9.80 Å². The van der Waals surface area contributed by atoms with E-state index in [1.54, 1.807) is 0 Å². The second-order valence-electron chi connectivity index (χ2n) is 4.93. The van der Waals surface area contributed by atoms with E-state index in [1.165, 1.54) is 24.3 Å². The lowest BCUT2D eigenvalue weighted by atomic mass is 10.2. The predicted molar refractivity (Wildman–Crippen MR) is 77.2 cm³/mol. The number of hydrogen-bond acceptors (Lipinski definition) is 2. The average Bonchev–Trinajstić information content (AvgIpc) is 2.49. The van der Waals surface area contributed by atoms with E-state index in [0.29, 0.717) is 0 Å². The Morgan fingerprint density at radius 3 is 1.15 bits per heavy atom. The van der Waals surface area contributed by atoms with Crippen molar-refractivity contribution >= 4 is 11.4 Å². The molecule has 0 radical (unpaired) electrons. The van der Waals surface area contributed by atoms with Crippen LogP contribution in [0.5, 0.6) is 0 Å². The van der Waals surface area contributed by atoms with Crippen molar-refractivity contribution in [1.82, 2.24) is 0 Å². The third kappa shape index (κ3) is 2.74. The third-order valence-electron chi connectivity index (χ3n) is 3.66. The van der Waals surface area contributed by atoms with Crippen molar-refractivity contribution in [2.24, 2.45) is 0 Å². The smallest absolute Gasteiger partial charge is 0.123 e. The molecule has 20 heavy (non-hydrogen) atoms. The fourth-order valence-corrected chi connectivity index (χ4v) is 2.53. The van der Waals surface area contributed by atoms with E-state index in [-0.39, 0.29) is 11.6 Å². The second-order valence-corrected chi connectivity index (χ2v) is 4.93. The first-order valence-corrected chi connectivity index (χ1v) is 6.73. The minimum Gasteiger partial charge on any atom is -0.368 e. The van der Waals surface area contributed by atoms with Crippen molar-refractivity contribution < 1.29 is 8.78 Å². The van der Waals surface area contributed by atoms with Crippen LogP contribution in [0, 0.1) is 11.6 Å². The van der Waals surface area contributed by atoms with E-state index in [9.17, 15) is 8.78 Å². The first-order chi connectivity index (χ1) is 9.72. The molecule has 1 saturated heterocycles. The molecule has 0 spiro atoms. The molecular weight excluding hydrogens is 258 g/mol. The highest BCUT2D eigenvalue weighted by Gasteiger charge is 2.17. The van der Waals surface area contributed by atoms with Crippen molar-refractivity contribution in [3.05, 3.63) is 60.2 Å². The van der Waals surface area contributed by atoms with E-state index in [0.717, 1.165) is 37.6 Å². The summed E-state index contributed by atoms with van der Waals surface area (Å²) in [5.41, 5.74) is 2.09. The van der Waals surface area contributed by atoms with E-state index in [4.69, 9.17) is 0 Å². The van der Waals surface area contributed by atoms with Gasteiger partial charge in [0.2, 0.25) is 0 Å². The molecule has 1 fully saturated rings. The van der Waals surface area contributed by atoms with Crippen molar-refractivity contribution in [3.8, 4) is 0 Å². The van der Waals surface area contributed by atoms with Crippen LogP contribution in [0.25, 0.3) is 0 Å². The van der Waals surface area contributed by atoms with E-state index in [2.05, 4.69) is 9.80 Å². The van der Waals surface area contributed by atoms with Crippen LogP contribution in [0.3, 0.4) is 0 Å². The molecule has 2 aromatic rings. The fourth-order valence-electron chi connectivity index (χ4n) is 2.53. The summed E-state index contributed by atoms with van der Waals surface area (Å²) in [5, 5.41) is 0. The molecule has 2 aromatic carbocycles. The maximum Gasteiger partial charge on any atom is 0.123 e. The fraction of sp³-hybridized carbons (Fsp3) is 0.250. The molecule has 1 heterocycles. The molecule has 3 rings (SSSR count). The van der Waals surface area contributed by atoms with Gasteiger partial charge in [0, 0.05) is 37.6 Å². The number of rotatable bonds is 2. The molecule has 1 aliphatic rings. The molecule has 0 bridgehead atoms. The Balaban J connectivity index is 1.64. The molecule has 1 aliphatic heterocycles. The van der Waals surface area contributed by atoms with Crippen LogP contribution in [0.1, 0.15) is 0 Å². The molecule has 0 N–H and O–H groups in total. The van der Waals surface area contributed by atoms with E-state index >= 15 is 0 Å². The number of anilines is 2. The summed E-state index contributed by atoms with van der Waals surface area (Å²) < 4.78 is 25.8. The molecule has 0 atom stereocenters. The summed E-state index contributed by atoms with van der Waals surface area (Å²) in [6.45, 7) is 3.51. The maximum absolute atomic E-state index is 12.9. The predicted octanol–water partition coefficient (Wildman–Crippen LogP) is 3.29. The molecule has 0 aromatic heterocycles. The summed E-state index contributed by atoms with van der Waals surface area (Å²) in [5.74, 6) is -0.419. The zero-order valence-electron chi connectivity index (χ0n) is 11.1. The summed E-state index contributed by atoms with van der Waals surface area (Å²) in [6, 6.07) is 13.2. The van der Waals surface area contributed by atoms with Crippen LogP contribution in [-0.4, -0.2) is 26.2 Å². The minimum absolute atomic E-state index is 0.210. The number of hydrogen-bond donors (Lipinski definition) is 0. The van der Waals surface area contributed by atoms with Gasteiger partial charge in [-0.2, -0.15) is 0 Å². The maximum atomic E-state index is 12.9. The molecule has 0 amide bonds. The molecule has 4 heteroatoms. The van der Waals surface area contributed by atoms with Gasteiger partial charge in [-0.05, 0) is 48.5 Å². The largest absolute Gasteiger partial charge is 0.368 e. The lowest BCUT2D eigenvalue weighted by Crippen LogP contribution is -2.46. The monoisotopic (exact) mass is 274 g/mol. The molecular formula is C16H16F2N2. The van der Waals surface area contributed by atoms with Crippen LogP contribution in [0.4, 0.5) is 20.2 Å². The summed E-state index contributed by atoms with van der Waals surface area (Å²) in [7, 11) is 0. The Morgan fingerprint density at radius 1 is 0.550 bits per heavy atom. The van der Waals surface area contributed by atoms with Crippen LogP contribution < -0.4 is 9.80 Å². The van der Waals surface area contributed by atoms with E-state index in [1.807, 2.05) is 24.3 Å². The van der Waals surface area contributed by atoms with Gasteiger partial charge in [-0.15, -0.1) is 0 Å². The lowest BCUT2D eigenvalue weighted by molar-refractivity contribution is 0.622. The lowest BCUT2D eigenvalue weighted by Gasteiger charge is -2.37. The summed E-state index contributed by atoms with van der Waals surface area (Å²) in [6.07, 6.45) is 0. The Hall–Kier alpha value is -2.10. The van der Waals surface area contributed by atoms with Gasteiger partial charge in [0.15, 0.2) is 0 Å². The first-order valence-electron chi connectivity index (χ1n) is 6.73. The molecule has 0 unspecified atom stereocenters. The topological polar surface area (TPSA) is 6.48 Å². The van der Waals surface area contributed by atoms with Gasteiger partial charge in [0.25, 0.3) is 0 Å². The quantitative estimate of drug-likeness (QED) is 0.829. The first kappa shape index (κ1) is 12.9. The van der Waals surface area contributed by atoms with Crippen LogP contribution in [0.15, 0.2) is 48.5 Å². The minimum atomic E-state index is -0.210. The van der Waals surface area contributed by atoms with Crippen molar-refractivity contribution in [3.63, 3.8) is 0 Å². The molecule has 0 aliphatic carbocycles. The molecule has 2 nitrogen and oxygen atoms in total. The normalized spacial score (nSPS) is 15.5. The highest BCUT2D eigenvalue weighted by atomic mass is 19.1. The second kappa shape index (κ2) is 5.49. The Morgan fingerprint density at radius 2 is 0.850 bits per heavy atom. The highest BCUT2D eigenvalue weighted by molar-refractivity contribution is 5.51. The Kier molecular flexibility index (Phi) is 3.54. The van der Waals surface area contributed by atoms with Crippen LogP contribution >= 0.6 is 0 Å². The molecule has 104 valence electrons. The van der Waals surface area contributed by atoms with Crippen molar-refractivity contribution in [2.45, 2.75) is 0 Å². The van der Waals surface area contributed by atoms with Gasteiger partial charge in [-0.25, -0.2) is 8.78 Å². The van der Waals surface area contributed by atoms with Crippen LogP contribution in [-0.2, 0) is 0 Å². The van der Waals surface area contributed by atoms with Crippen LogP contribution in [0.2, 0.25) is 0 Å².